The summed E-state index contributed by atoms with van der Waals surface area (Å²) >= 11 is 0. The van der Waals surface area contributed by atoms with Gasteiger partial charge in [0.05, 0.1) is 11.4 Å². The molecule has 3 rings (SSSR count). The SMILES string of the molecule is Cc1[nH]nc(CN)c1S(=O)(=O)NCC(C1CC1)C1CC1. The number of rotatable bonds is 7. The van der Waals surface area contributed by atoms with Gasteiger partial charge in [-0.15, -0.1) is 0 Å². The summed E-state index contributed by atoms with van der Waals surface area (Å²) in [7, 11) is -3.52. The number of aryl methyl sites for hydroxylation is 1. The molecule has 2 fully saturated rings. The van der Waals surface area contributed by atoms with Gasteiger partial charge in [-0.3, -0.25) is 5.10 Å². The van der Waals surface area contributed by atoms with E-state index in [4.69, 9.17) is 5.73 Å². The molecule has 0 bridgehead atoms. The molecule has 0 aliphatic heterocycles. The second-order valence-electron chi connectivity index (χ2n) is 6.02. The predicted octanol–water partition coefficient (Wildman–Crippen LogP) is 0.891. The van der Waals surface area contributed by atoms with E-state index in [0.29, 0.717) is 23.9 Å². The molecule has 2 saturated carbocycles. The predicted molar refractivity (Wildman–Crippen MR) is 75.3 cm³/mol. The lowest BCUT2D eigenvalue weighted by molar-refractivity contribution is 0.401. The van der Waals surface area contributed by atoms with Gasteiger partial charge in [0.2, 0.25) is 10.0 Å². The Morgan fingerprint density at radius 3 is 2.45 bits per heavy atom. The quantitative estimate of drug-likeness (QED) is 0.696. The zero-order valence-corrected chi connectivity index (χ0v) is 12.5. The zero-order valence-electron chi connectivity index (χ0n) is 11.7. The van der Waals surface area contributed by atoms with Crippen molar-refractivity contribution in [3.05, 3.63) is 11.4 Å². The third kappa shape index (κ3) is 2.75. The molecule has 2 aliphatic carbocycles. The molecule has 0 aromatic carbocycles. The van der Waals surface area contributed by atoms with Gasteiger partial charge in [-0.25, -0.2) is 13.1 Å². The van der Waals surface area contributed by atoms with Crippen LogP contribution in [0.4, 0.5) is 0 Å². The standard InChI is InChI=1S/C13H22N4O2S/c1-8-13(12(6-14)17-16-8)20(18,19)15-7-11(9-2-3-9)10-4-5-10/h9-11,15H,2-7,14H2,1H3,(H,16,17). The topological polar surface area (TPSA) is 101 Å². The average Bonchev–Trinajstić information content (AvgIpc) is 3.29. The van der Waals surface area contributed by atoms with E-state index in [1.807, 2.05) is 0 Å². The Morgan fingerprint density at radius 1 is 1.35 bits per heavy atom. The van der Waals surface area contributed by atoms with E-state index < -0.39 is 10.0 Å². The third-order valence-electron chi connectivity index (χ3n) is 4.39. The fourth-order valence-corrected chi connectivity index (χ4v) is 4.45. The van der Waals surface area contributed by atoms with Crippen molar-refractivity contribution >= 4 is 10.0 Å². The van der Waals surface area contributed by atoms with E-state index in [0.717, 1.165) is 11.8 Å². The van der Waals surface area contributed by atoms with Crippen molar-refractivity contribution in [3.8, 4) is 0 Å². The minimum atomic E-state index is -3.52. The number of aromatic nitrogens is 2. The summed E-state index contributed by atoms with van der Waals surface area (Å²) in [5.74, 6) is 1.97. The Labute approximate surface area is 119 Å². The van der Waals surface area contributed by atoms with Crippen molar-refractivity contribution in [1.82, 2.24) is 14.9 Å². The number of nitrogens with zero attached hydrogens (tertiary/aromatic N) is 1. The zero-order chi connectivity index (χ0) is 14.3. The number of hydrogen-bond acceptors (Lipinski definition) is 4. The minimum absolute atomic E-state index is 0.120. The molecule has 0 unspecified atom stereocenters. The van der Waals surface area contributed by atoms with Crippen LogP contribution in [0.25, 0.3) is 0 Å². The van der Waals surface area contributed by atoms with E-state index in [9.17, 15) is 8.42 Å². The fourth-order valence-electron chi connectivity index (χ4n) is 3.01. The molecule has 0 amide bonds. The van der Waals surface area contributed by atoms with Crippen LogP contribution in [0.3, 0.4) is 0 Å². The number of nitrogens with one attached hydrogen (secondary N) is 2. The van der Waals surface area contributed by atoms with Crippen molar-refractivity contribution in [3.63, 3.8) is 0 Å². The molecule has 0 atom stereocenters. The highest BCUT2D eigenvalue weighted by Crippen LogP contribution is 2.48. The lowest BCUT2D eigenvalue weighted by Crippen LogP contribution is -2.32. The number of aromatic amines is 1. The maximum Gasteiger partial charge on any atom is 0.244 e. The van der Waals surface area contributed by atoms with Crippen molar-refractivity contribution < 1.29 is 8.42 Å². The van der Waals surface area contributed by atoms with Gasteiger partial charge >= 0.3 is 0 Å². The van der Waals surface area contributed by atoms with E-state index in [-0.39, 0.29) is 11.4 Å². The van der Waals surface area contributed by atoms with E-state index >= 15 is 0 Å². The van der Waals surface area contributed by atoms with Gasteiger partial charge in [-0.1, -0.05) is 0 Å². The molecule has 4 N–H and O–H groups in total. The molecule has 6 nitrogen and oxygen atoms in total. The number of hydrogen-bond donors (Lipinski definition) is 3. The molecule has 1 heterocycles. The molecule has 1 aromatic rings. The highest BCUT2D eigenvalue weighted by molar-refractivity contribution is 7.89. The molecule has 0 radical (unpaired) electrons. The lowest BCUT2D eigenvalue weighted by Gasteiger charge is -2.16. The summed E-state index contributed by atoms with van der Waals surface area (Å²) in [4.78, 5) is 0.227. The van der Waals surface area contributed by atoms with Gasteiger partial charge in [0.25, 0.3) is 0 Å². The summed E-state index contributed by atoms with van der Waals surface area (Å²) in [5, 5.41) is 6.66. The van der Waals surface area contributed by atoms with Crippen LogP contribution in [-0.2, 0) is 16.6 Å². The van der Waals surface area contributed by atoms with Gasteiger partial charge < -0.3 is 5.73 Å². The monoisotopic (exact) mass is 298 g/mol. The average molecular weight is 298 g/mol. The fraction of sp³-hybridized carbons (Fsp3) is 0.769. The molecular weight excluding hydrogens is 276 g/mol. The van der Waals surface area contributed by atoms with Crippen LogP contribution < -0.4 is 10.5 Å². The minimum Gasteiger partial charge on any atom is -0.325 e. The Morgan fingerprint density at radius 2 is 1.95 bits per heavy atom. The normalized spacial score (nSPS) is 19.8. The van der Waals surface area contributed by atoms with Crippen LogP contribution >= 0.6 is 0 Å². The van der Waals surface area contributed by atoms with Crippen LogP contribution in [0.1, 0.15) is 37.1 Å². The third-order valence-corrected chi connectivity index (χ3v) is 6.01. The summed E-state index contributed by atoms with van der Waals surface area (Å²) in [6, 6.07) is 0. The second kappa shape index (κ2) is 5.13. The van der Waals surface area contributed by atoms with Gasteiger partial charge in [-0.2, -0.15) is 5.10 Å². The van der Waals surface area contributed by atoms with Crippen molar-refractivity contribution in [1.29, 1.82) is 0 Å². The number of H-pyrrole nitrogens is 1. The molecule has 20 heavy (non-hydrogen) atoms. The van der Waals surface area contributed by atoms with E-state index in [1.54, 1.807) is 6.92 Å². The van der Waals surface area contributed by atoms with Crippen molar-refractivity contribution in [2.45, 2.75) is 44.0 Å². The first-order valence-electron chi connectivity index (χ1n) is 7.26. The Hall–Kier alpha value is -0.920. The van der Waals surface area contributed by atoms with Gasteiger partial charge in [-0.05, 0) is 50.4 Å². The maximum absolute atomic E-state index is 12.5. The smallest absolute Gasteiger partial charge is 0.244 e. The van der Waals surface area contributed by atoms with Gasteiger partial charge in [0.1, 0.15) is 4.90 Å². The summed E-state index contributed by atoms with van der Waals surface area (Å²) in [6.07, 6.45) is 5.01. The second-order valence-corrected chi connectivity index (χ2v) is 7.72. The van der Waals surface area contributed by atoms with E-state index in [2.05, 4.69) is 14.9 Å². The molecule has 2 aliphatic rings. The molecule has 0 saturated heterocycles. The molecule has 112 valence electrons. The van der Waals surface area contributed by atoms with Crippen molar-refractivity contribution in [2.24, 2.45) is 23.5 Å². The van der Waals surface area contributed by atoms with Crippen molar-refractivity contribution in [2.75, 3.05) is 6.54 Å². The molecular formula is C13H22N4O2S. The number of nitrogens with two attached hydrogens (primary N) is 1. The first kappa shape index (κ1) is 14.0. The van der Waals surface area contributed by atoms with Gasteiger partial charge in [0.15, 0.2) is 0 Å². The van der Waals surface area contributed by atoms with Crippen LogP contribution in [0.5, 0.6) is 0 Å². The van der Waals surface area contributed by atoms with Crippen LogP contribution in [0.15, 0.2) is 4.90 Å². The maximum atomic E-state index is 12.5. The Bertz CT molecular complexity index is 576. The van der Waals surface area contributed by atoms with Gasteiger partial charge in [0, 0.05) is 13.1 Å². The largest absolute Gasteiger partial charge is 0.325 e. The highest BCUT2D eigenvalue weighted by atomic mass is 32.2. The summed E-state index contributed by atoms with van der Waals surface area (Å²) in [6.45, 7) is 2.38. The first-order valence-corrected chi connectivity index (χ1v) is 8.75. The number of sulfonamides is 1. The summed E-state index contributed by atoms with van der Waals surface area (Å²) < 4.78 is 27.7. The highest BCUT2D eigenvalue weighted by Gasteiger charge is 2.41. The Balaban J connectivity index is 1.73. The summed E-state index contributed by atoms with van der Waals surface area (Å²) in [5.41, 5.74) is 6.51. The Kier molecular flexibility index (Phi) is 3.60. The van der Waals surface area contributed by atoms with Crippen LogP contribution in [-0.4, -0.2) is 25.2 Å². The van der Waals surface area contributed by atoms with E-state index in [1.165, 1.54) is 25.7 Å². The lowest BCUT2D eigenvalue weighted by atomic mass is 9.99. The first-order chi connectivity index (χ1) is 9.53. The van der Waals surface area contributed by atoms with Crippen LogP contribution in [0.2, 0.25) is 0 Å². The molecule has 0 spiro atoms. The van der Waals surface area contributed by atoms with Crippen LogP contribution in [0, 0.1) is 24.7 Å². The molecule has 1 aromatic heterocycles. The molecule has 7 heteroatoms.